The van der Waals surface area contributed by atoms with Gasteiger partial charge < -0.3 is 19.7 Å². The van der Waals surface area contributed by atoms with Crippen LogP contribution in [0.15, 0.2) is 18.2 Å². The zero-order valence-electron chi connectivity index (χ0n) is 13.7. The molecule has 2 fully saturated rings. The molecule has 4 rings (SSSR count). The van der Waals surface area contributed by atoms with Gasteiger partial charge in [0.2, 0.25) is 18.6 Å². The highest BCUT2D eigenvalue weighted by Crippen LogP contribution is 2.47. The van der Waals surface area contributed by atoms with Crippen LogP contribution in [-0.2, 0) is 9.59 Å². The van der Waals surface area contributed by atoms with Gasteiger partial charge in [-0.05, 0) is 38.0 Å². The van der Waals surface area contributed by atoms with Gasteiger partial charge in [0, 0.05) is 12.2 Å². The Morgan fingerprint density at radius 2 is 2.21 bits per heavy atom. The summed E-state index contributed by atoms with van der Waals surface area (Å²) in [5, 5.41) is 3.04. The van der Waals surface area contributed by atoms with E-state index in [1.54, 1.807) is 16.7 Å². The van der Waals surface area contributed by atoms with Crippen LogP contribution in [0.4, 0.5) is 0 Å². The lowest BCUT2D eigenvalue weighted by Crippen LogP contribution is -2.50. The summed E-state index contributed by atoms with van der Waals surface area (Å²) in [6.07, 6.45) is 1.35. The Hall–Kier alpha value is -1.89. The molecule has 128 valence electrons. The zero-order chi connectivity index (χ0) is 16.9. The van der Waals surface area contributed by atoms with E-state index in [4.69, 9.17) is 9.47 Å². The van der Waals surface area contributed by atoms with Gasteiger partial charge in [0.25, 0.3) is 0 Å². The SMILES string of the molecule is C[C@H](NC(=O)[C@H]1CS[C@@]2(C)CCC(=O)N12)c1ccc2c(c1)OCO2. The average Bonchev–Trinajstić information content (AvgIpc) is 3.22. The minimum Gasteiger partial charge on any atom is -0.454 e. The molecule has 2 saturated heterocycles. The summed E-state index contributed by atoms with van der Waals surface area (Å²) in [4.78, 5) is 26.4. The van der Waals surface area contributed by atoms with E-state index in [1.165, 1.54) is 0 Å². The molecule has 7 heteroatoms. The Labute approximate surface area is 144 Å². The van der Waals surface area contributed by atoms with Gasteiger partial charge in [-0.3, -0.25) is 9.59 Å². The monoisotopic (exact) mass is 348 g/mol. The number of thioether (sulfide) groups is 1. The molecule has 1 aromatic carbocycles. The van der Waals surface area contributed by atoms with E-state index < -0.39 is 0 Å². The molecule has 24 heavy (non-hydrogen) atoms. The number of fused-ring (bicyclic) bond motifs is 2. The summed E-state index contributed by atoms with van der Waals surface area (Å²) in [5.74, 6) is 2.07. The number of carbonyl (C=O) groups excluding carboxylic acids is 2. The predicted octanol–water partition coefficient (Wildman–Crippen LogP) is 2.05. The Morgan fingerprint density at radius 3 is 3.04 bits per heavy atom. The van der Waals surface area contributed by atoms with Gasteiger partial charge in [0.05, 0.1) is 10.9 Å². The van der Waals surface area contributed by atoms with Crippen LogP contribution in [-0.4, -0.2) is 40.2 Å². The Bertz CT molecular complexity index is 710. The van der Waals surface area contributed by atoms with Crippen LogP contribution in [0.25, 0.3) is 0 Å². The number of hydrogen-bond acceptors (Lipinski definition) is 5. The Balaban J connectivity index is 1.47. The Morgan fingerprint density at radius 1 is 1.42 bits per heavy atom. The summed E-state index contributed by atoms with van der Waals surface area (Å²) < 4.78 is 10.7. The van der Waals surface area contributed by atoms with Crippen molar-refractivity contribution in [2.75, 3.05) is 12.5 Å². The van der Waals surface area contributed by atoms with E-state index in [-0.39, 0.29) is 35.6 Å². The normalized spacial score (nSPS) is 28.8. The highest BCUT2D eigenvalue weighted by molar-refractivity contribution is 8.01. The van der Waals surface area contributed by atoms with E-state index in [9.17, 15) is 9.59 Å². The third-order valence-corrected chi connectivity index (χ3v) is 6.51. The average molecular weight is 348 g/mol. The highest BCUT2D eigenvalue weighted by Gasteiger charge is 2.52. The molecule has 0 bridgehead atoms. The maximum atomic E-state index is 12.7. The molecule has 0 aliphatic carbocycles. The number of carbonyl (C=O) groups is 2. The first kappa shape index (κ1) is 15.6. The fraction of sp³-hybridized carbons (Fsp3) is 0.529. The number of hydrogen-bond donors (Lipinski definition) is 1. The molecule has 3 heterocycles. The summed E-state index contributed by atoms with van der Waals surface area (Å²) in [6, 6.07) is 5.12. The maximum Gasteiger partial charge on any atom is 0.244 e. The number of rotatable bonds is 3. The van der Waals surface area contributed by atoms with Crippen LogP contribution < -0.4 is 14.8 Å². The second-order valence-electron chi connectivity index (χ2n) is 6.61. The zero-order valence-corrected chi connectivity index (χ0v) is 14.5. The largest absolute Gasteiger partial charge is 0.454 e. The van der Waals surface area contributed by atoms with E-state index in [0.717, 1.165) is 17.7 Å². The van der Waals surface area contributed by atoms with Crippen molar-refractivity contribution in [3.8, 4) is 11.5 Å². The molecule has 0 saturated carbocycles. The van der Waals surface area contributed by atoms with Gasteiger partial charge in [-0.25, -0.2) is 0 Å². The molecular formula is C17H20N2O4S. The van der Waals surface area contributed by atoms with Gasteiger partial charge in [-0.1, -0.05) is 6.07 Å². The van der Waals surface area contributed by atoms with E-state index in [1.807, 2.05) is 25.1 Å². The van der Waals surface area contributed by atoms with Crippen molar-refractivity contribution in [1.29, 1.82) is 0 Å². The summed E-state index contributed by atoms with van der Waals surface area (Å²) in [6.45, 7) is 4.22. The Kier molecular flexibility index (Phi) is 3.63. The maximum absolute atomic E-state index is 12.7. The van der Waals surface area contributed by atoms with Gasteiger partial charge in [0.15, 0.2) is 11.5 Å². The van der Waals surface area contributed by atoms with Gasteiger partial charge >= 0.3 is 0 Å². The molecule has 0 radical (unpaired) electrons. The van der Waals surface area contributed by atoms with Crippen LogP contribution in [0.5, 0.6) is 11.5 Å². The first-order chi connectivity index (χ1) is 11.5. The quantitative estimate of drug-likeness (QED) is 0.905. The molecule has 3 aliphatic rings. The molecule has 3 aliphatic heterocycles. The van der Waals surface area contributed by atoms with Crippen LogP contribution in [0.2, 0.25) is 0 Å². The van der Waals surface area contributed by atoms with Crippen molar-refractivity contribution in [1.82, 2.24) is 10.2 Å². The van der Waals surface area contributed by atoms with Crippen molar-refractivity contribution in [3.05, 3.63) is 23.8 Å². The lowest BCUT2D eigenvalue weighted by atomic mass is 10.1. The van der Waals surface area contributed by atoms with Gasteiger partial charge in [0.1, 0.15) is 6.04 Å². The molecule has 6 nitrogen and oxygen atoms in total. The van der Waals surface area contributed by atoms with Crippen molar-refractivity contribution >= 4 is 23.6 Å². The molecule has 0 unspecified atom stereocenters. The van der Waals surface area contributed by atoms with Gasteiger partial charge in [-0.2, -0.15) is 0 Å². The minimum atomic E-state index is -0.383. The molecular weight excluding hydrogens is 328 g/mol. The van der Waals surface area contributed by atoms with Crippen LogP contribution in [0.3, 0.4) is 0 Å². The summed E-state index contributed by atoms with van der Waals surface area (Å²) >= 11 is 1.70. The summed E-state index contributed by atoms with van der Waals surface area (Å²) in [5.41, 5.74) is 0.953. The van der Waals surface area contributed by atoms with Gasteiger partial charge in [-0.15, -0.1) is 11.8 Å². The summed E-state index contributed by atoms with van der Waals surface area (Å²) in [7, 11) is 0. The highest BCUT2D eigenvalue weighted by atomic mass is 32.2. The second kappa shape index (κ2) is 5.58. The van der Waals surface area contributed by atoms with E-state index in [2.05, 4.69) is 12.2 Å². The molecule has 1 aromatic rings. The number of benzene rings is 1. The molecule has 1 N–H and O–H groups in total. The van der Waals surface area contributed by atoms with E-state index in [0.29, 0.717) is 17.9 Å². The number of nitrogens with zero attached hydrogens (tertiary/aromatic N) is 1. The second-order valence-corrected chi connectivity index (χ2v) is 8.11. The van der Waals surface area contributed by atoms with Crippen LogP contribution in [0.1, 0.15) is 38.3 Å². The lowest BCUT2D eigenvalue weighted by molar-refractivity contribution is -0.138. The fourth-order valence-electron chi connectivity index (χ4n) is 3.59. The first-order valence-corrected chi connectivity index (χ1v) is 9.12. The number of nitrogens with one attached hydrogen (secondary N) is 1. The molecule has 0 aromatic heterocycles. The number of amides is 2. The standard InChI is InChI=1S/C17H20N2O4S/c1-10(11-3-4-13-14(7-11)23-9-22-13)18-16(21)12-8-24-17(2)6-5-15(20)19(12)17/h3-4,7,10,12H,5-6,8-9H2,1-2H3,(H,18,21)/t10-,12+,17-/m0/s1. The third kappa shape index (κ3) is 2.42. The molecule has 2 amide bonds. The van der Waals surface area contributed by atoms with Crippen LogP contribution >= 0.6 is 11.8 Å². The molecule has 0 spiro atoms. The third-order valence-electron chi connectivity index (χ3n) is 5.00. The van der Waals surface area contributed by atoms with Crippen molar-refractivity contribution in [2.24, 2.45) is 0 Å². The smallest absolute Gasteiger partial charge is 0.244 e. The molecule has 3 atom stereocenters. The lowest BCUT2D eigenvalue weighted by Gasteiger charge is -2.30. The fourth-order valence-corrected chi connectivity index (χ4v) is 5.02. The first-order valence-electron chi connectivity index (χ1n) is 8.14. The van der Waals surface area contributed by atoms with Crippen molar-refractivity contribution in [3.63, 3.8) is 0 Å². The van der Waals surface area contributed by atoms with Crippen molar-refractivity contribution < 1.29 is 19.1 Å². The predicted molar refractivity (Wildman–Crippen MR) is 89.9 cm³/mol. The topological polar surface area (TPSA) is 67.9 Å². The van der Waals surface area contributed by atoms with E-state index >= 15 is 0 Å². The minimum absolute atomic E-state index is 0.0818. The van der Waals surface area contributed by atoms with Crippen LogP contribution in [0, 0.1) is 0 Å². The van der Waals surface area contributed by atoms with Crippen molar-refractivity contribution in [2.45, 2.75) is 43.6 Å². The number of ether oxygens (including phenoxy) is 2.